The van der Waals surface area contributed by atoms with Gasteiger partial charge in [0, 0.05) is 25.1 Å². The van der Waals surface area contributed by atoms with Gasteiger partial charge in [-0.2, -0.15) is 0 Å². The third kappa shape index (κ3) is 8.92. The van der Waals surface area contributed by atoms with Gasteiger partial charge in [0.15, 0.2) is 6.61 Å². The number of hydrogen-bond donors (Lipinski definition) is 1. The lowest BCUT2D eigenvalue weighted by Gasteiger charge is -2.32. The third-order valence-corrected chi connectivity index (χ3v) is 7.02. The van der Waals surface area contributed by atoms with Crippen molar-refractivity contribution in [2.75, 3.05) is 13.2 Å². The maximum atomic E-state index is 14.7. The standard InChI is InChI=1S/C32H38BrFN2O3/c1-22(2)19-35-31(38)28(17-23-11-7-6-8-12-23)36(20-24-13-9-10-14-27(24)34)30(37)21-39-29-16-15-25(18-26(29)33)32(3,4)5/h6-16,18,22,28H,17,19-21H2,1-5H3,(H,35,38)/t28-/m1/s1. The molecule has 1 N–H and O–H groups in total. The fourth-order valence-corrected chi connectivity index (χ4v) is 4.59. The molecule has 1 atom stereocenters. The van der Waals surface area contributed by atoms with Crippen LogP contribution >= 0.6 is 15.9 Å². The van der Waals surface area contributed by atoms with Crippen LogP contribution in [-0.4, -0.2) is 35.9 Å². The average Bonchev–Trinajstić information content (AvgIpc) is 2.89. The number of hydrogen-bond acceptors (Lipinski definition) is 3. The van der Waals surface area contributed by atoms with Crippen LogP contribution < -0.4 is 10.1 Å². The first-order valence-electron chi connectivity index (χ1n) is 13.2. The summed E-state index contributed by atoms with van der Waals surface area (Å²) in [6.07, 6.45) is 0.287. The molecular formula is C32H38BrFN2O3. The molecule has 39 heavy (non-hydrogen) atoms. The Hall–Kier alpha value is -3.19. The zero-order chi connectivity index (χ0) is 28.6. The van der Waals surface area contributed by atoms with Crippen molar-refractivity contribution in [2.45, 2.75) is 59.0 Å². The van der Waals surface area contributed by atoms with Crippen molar-refractivity contribution in [2.24, 2.45) is 5.92 Å². The molecule has 5 nitrogen and oxygen atoms in total. The van der Waals surface area contributed by atoms with Gasteiger partial charge < -0.3 is 15.0 Å². The largest absolute Gasteiger partial charge is 0.483 e. The first-order chi connectivity index (χ1) is 18.5. The number of carbonyl (C=O) groups excluding carboxylic acids is 2. The van der Waals surface area contributed by atoms with Crippen LogP contribution in [0.4, 0.5) is 4.39 Å². The molecule has 0 heterocycles. The normalized spacial score (nSPS) is 12.2. The second-order valence-corrected chi connectivity index (χ2v) is 12.0. The average molecular weight is 598 g/mol. The number of nitrogens with one attached hydrogen (secondary N) is 1. The van der Waals surface area contributed by atoms with Crippen molar-refractivity contribution in [3.8, 4) is 5.75 Å². The SMILES string of the molecule is CC(C)CNC(=O)[C@@H](Cc1ccccc1)N(Cc1ccccc1F)C(=O)COc1ccc(C(C)(C)C)cc1Br. The first-order valence-corrected chi connectivity index (χ1v) is 14.0. The molecule has 0 saturated carbocycles. The van der Waals surface area contributed by atoms with Crippen LogP contribution in [0.2, 0.25) is 0 Å². The van der Waals surface area contributed by atoms with Crippen molar-refractivity contribution in [1.82, 2.24) is 10.2 Å². The second kappa shape index (κ2) is 13.7. The molecule has 2 amide bonds. The molecule has 208 valence electrons. The van der Waals surface area contributed by atoms with Crippen molar-refractivity contribution in [3.05, 3.63) is 99.8 Å². The molecule has 0 aliphatic rings. The van der Waals surface area contributed by atoms with Crippen LogP contribution in [0.3, 0.4) is 0 Å². The zero-order valence-corrected chi connectivity index (χ0v) is 24.9. The van der Waals surface area contributed by atoms with Gasteiger partial charge in [-0.05, 0) is 56.6 Å². The van der Waals surface area contributed by atoms with Crippen LogP contribution in [0.1, 0.15) is 51.3 Å². The molecule has 0 fully saturated rings. The van der Waals surface area contributed by atoms with E-state index in [1.54, 1.807) is 18.2 Å². The Morgan fingerprint density at radius 3 is 2.28 bits per heavy atom. The number of halogens is 2. The Bertz CT molecular complexity index is 1260. The van der Waals surface area contributed by atoms with Gasteiger partial charge in [0.25, 0.3) is 5.91 Å². The highest BCUT2D eigenvalue weighted by molar-refractivity contribution is 9.10. The molecule has 0 bridgehead atoms. The number of rotatable bonds is 11. The van der Waals surface area contributed by atoms with E-state index in [0.29, 0.717) is 17.9 Å². The lowest BCUT2D eigenvalue weighted by atomic mass is 9.87. The predicted molar refractivity (Wildman–Crippen MR) is 157 cm³/mol. The zero-order valence-electron chi connectivity index (χ0n) is 23.3. The summed E-state index contributed by atoms with van der Waals surface area (Å²) in [4.78, 5) is 28.6. The lowest BCUT2D eigenvalue weighted by molar-refractivity contribution is -0.142. The molecule has 0 spiro atoms. The summed E-state index contributed by atoms with van der Waals surface area (Å²) in [6.45, 7) is 10.5. The molecule has 0 saturated heterocycles. The fraction of sp³-hybridized carbons (Fsp3) is 0.375. The Balaban J connectivity index is 1.91. The third-order valence-electron chi connectivity index (χ3n) is 6.40. The molecule has 7 heteroatoms. The number of ether oxygens (including phenoxy) is 1. The number of amides is 2. The molecule has 0 aliphatic heterocycles. The minimum Gasteiger partial charge on any atom is -0.483 e. The van der Waals surface area contributed by atoms with E-state index in [9.17, 15) is 14.0 Å². The van der Waals surface area contributed by atoms with Crippen LogP contribution in [0, 0.1) is 11.7 Å². The summed E-state index contributed by atoms with van der Waals surface area (Å²) in [6, 6.07) is 20.7. The van der Waals surface area contributed by atoms with Gasteiger partial charge in [-0.15, -0.1) is 0 Å². The molecule has 3 rings (SSSR count). The Labute approximate surface area is 239 Å². The van der Waals surface area contributed by atoms with Gasteiger partial charge in [0.05, 0.1) is 4.47 Å². The van der Waals surface area contributed by atoms with Gasteiger partial charge in [-0.3, -0.25) is 9.59 Å². The van der Waals surface area contributed by atoms with Gasteiger partial charge in [-0.1, -0.05) is 89.2 Å². The highest BCUT2D eigenvalue weighted by atomic mass is 79.9. The van der Waals surface area contributed by atoms with Crippen LogP contribution in [0.15, 0.2) is 77.3 Å². The summed E-state index contributed by atoms with van der Waals surface area (Å²) in [7, 11) is 0. The Morgan fingerprint density at radius 2 is 1.67 bits per heavy atom. The topological polar surface area (TPSA) is 58.6 Å². The molecule has 3 aromatic rings. The summed E-state index contributed by atoms with van der Waals surface area (Å²) < 4.78 is 21.4. The molecular weight excluding hydrogens is 559 g/mol. The number of benzene rings is 3. The summed E-state index contributed by atoms with van der Waals surface area (Å²) >= 11 is 3.56. The highest BCUT2D eigenvalue weighted by Gasteiger charge is 2.31. The second-order valence-electron chi connectivity index (χ2n) is 11.1. The van der Waals surface area contributed by atoms with E-state index >= 15 is 0 Å². The minimum atomic E-state index is -0.853. The van der Waals surface area contributed by atoms with E-state index in [1.165, 1.54) is 11.0 Å². The summed E-state index contributed by atoms with van der Waals surface area (Å²) in [5.41, 5.74) is 2.31. The van der Waals surface area contributed by atoms with Crippen LogP contribution in [-0.2, 0) is 28.0 Å². The lowest BCUT2D eigenvalue weighted by Crippen LogP contribution is -2.52. The van der Waals surface area contributed by atoms with Crippen molar-refractivity contribution >= 4 is 27.7 Å². The van der Waals surface area contributed by atoms with Gasteiger partial charge >= 0.3 is 0 Å². The van der Waals surface area contributed by atoms with E-state index in [-0.39, 0.29) is 36.8 Å². The van der Waals surface area contributed by atoms with Gasteiger partial charge in [0.1, 0.15) is 17.6 Å². The van der Waals surface area contributed by atoms with E-state index in [2.05, 4.69) is 42.0 Å². The number of nitrogens with zero attached hydrogens (tertiary/aromatic N) is 1. The van der Waals surface area contributed by atoms with E-state index in [4.69, 9.17) is 4.74 Å². The molecule has 0 unspecified atom stereocenters. The minimum absolute atomic E-state index is 0.0402. The van der Waals surface area contributed by atoms with Gasteiger partial charge in [0.2, 0.25) is 5.91 Å². The highest BCUT2D eigenvalue weighted by Crippen LogP contribution is 2.31. The Morgan fingerprint density at radius 1 is 1.00 bits per heavy atom. The van der Waals surface area contributed by atoms with Crippen molar-refractivity contribution < 1.29 is 18.7 Å². The van der Waals surface area contributed by atoms with E-state index < -0.39 is 17.8 Å². The van der Waals surface area contributed by atoms with Crippen molar-refractivity contribution in [1.29, 1.82) is 0 Å². The van der Waals surface area contributed by atoms with Gasteiger partial charge in [-0.25, -0.2) is 4.39 Å². The maximum Gasteiger partial charge on any atom is 0.261 e. The Kier molecular flexibility index (Phi) is 10.7. The molecule has 0 aliphatic carbocycles. The summed E-state index contributed by atoms with van der Waals surface area (Å²) in [5.74, 6) is -0.374. The predicted octanol–water partition coefficient (Wildman–Crippen LogP) is 6.68. The molecule has 3 aromatic carbocycles. The van der Waals surface area contributed by atoms with Crippen LogP contribution in [0.5, 0.6) is 5.75 Å². The molecule has 0 radical (unpaired) electrons. The van der Waals surface area contributed by atoms with Crippen molar-refractivity contribution in [3.63, 3.8) is 0 Å². The summed E-state index contributed by atoms with van der Waals surface area (Å²) in [5, 5.41) is 2.97. The quantitative estimate of drug-likeness (QED) is 0.269. The fourth-order valence-electron chi connectivity index (χ4n) is 4.09. The van der Waals surface area contributed by atoms with E-state index in [0.717, 1.165) is 15.6 Å². The monoisotopic (exact) mass is 596 g/mol. The van der Waals surface area contributed by atoms with Crippen LogP contribution in [0.25, 0.3) is 0 Å². The molecule has 0 aromatic heterocycles. The first kappa shape index (κ1) is 30.4. The number of carbonyl (C=O) groups is 2. The smallest absolute Gasteiger partial charge is 0.261 e. The maximum absolute atomic E-state index is 14.7. The van der Waals surface area contributed by atoms with E-state index in [1.807, 2.05) is 62.4 Å².